The van der Waals surface area contributed by atoms with Gasteiger partial charge in [0, 0.05) is 13.6 Å². The van der Waals surface area contributed by atoms with Crippen molar-refractivity contribution in [2.75, 3.05) is 7.05 Å². The van der Waals surface area contributed by atoms with E-state index in [9.17, 15) is 23.1 Å². The number of rotatable bonds is 5. The summed E-state index contributed by atoms with van der Waals surface area (Å²) in [6, 6.07) is 4.98. The summed E-state index contributed by atoms with van der Waals surface area (Å²) in [5.74, 6) is -0.500. The third kappa shape index (κ3) is 3.95. The van der Waals surface area contributed by atoms with Crippen molar-refractivity contribution in [2.45, 2.75) is 19.1 Å². The zero-order valence-electron chi connectivity index (χ0n) is 12.9. The predicted molar refractivity (Wildman–Crippen MR) is 83.4 cm³/mol. The molecule has 2 aromatic rings. The van der Waals surface area contributed by atoms with Crippen molar-refractivity contribution in [3.8, 4) is 5.75 Å². The third-order valence-electron chi connectivity index (χ3n) is 3.42. The molecule has 1 aromatic carbocycles. The van der Waals surface area contributed by atoms with Crippen molar-refractivity contribution in [3.63, 3.8) is 0 Å². The predicted octanol–water partition coefficient (Wildman–Crippen LogP) is 2.40. The number of nitrogens with one attached hydrogen (secondary N) is 1. The Morgan fingerprint density at radius 3 is 2.75 bits per heavy atom. The van der Waals surface area contributed by atoms with Crippen molar-refractivity contribution < 1.29 is 18.3 Å². The second kappa shape index (κ2) is 6.77. The third-order valence-corrected chi connectivity index (χ3v) is 3.42. The number of hydrogen-bond donors (Lipinski definition) is 2. The van der Waals surface area contributed by atoms with E-state index in [0.717, 1.165) is 18.3 Å². The van der Waals surface area contributed by atoms with Gasteiger partial charge in [0.2, 0.25) is 0 Å². The number of benzene rings is 1. The average Bonchev–Trinajstić information content (AvgIpc) is 2.54. The Morgan fingerprint density at radius 2 is 2.12 bits per heavy atom. The lowest BCUT2D eigenvalue weighted by Gasteiger charge is -2.11. The molecule has 0 radical (unpaired) electrons. The van der Waals surface area contributed by atoms with Crippen molar-refractivity contribution >= 4 is 5.70 Å². The van der Waals surface area contributed by atoms with Crippen LogP contribution >= 0.6 is 0 Å². The molecule has 0 aliphatic rings. The van der Waals surface area contributed by atoms with Crippen molar-refractivity contribution in [1.29, 1.82) is 0 Å². The van der Waals surface area contributed by atoms with Crippen LogP contribution in [0.25, 0.3) is 5.70 Å². The number of aromatic nitrogens is 2. The van der Waals surface area contributed by atoms with Gasteiger partial charge < -0.3 is 10.4 Å². The lowest BCUT2D eigenvalue weighted by Crippen LogP contribution is -2.21. The molecular weight excluding hydrogens is 323 g/mol. The minimum atomic E-state index is -4.40. The van der Waals surface area contributed by atoms with Crippen LogP contribution in [0, 0.1) is 0 Å². The Balaban J connectivity index is 2.22. The number of nitrogens with zero attached hydrogens (tertiary/aromatic N) is 2. The van der Waals surface area contributed by atoms with Gasteiger partial charge >= 0.3 is 6.18 Å². The van der Waals surface area contributed by atoms with Crippen LogP contribution in [-0.2, 0) is 19.1 Å². The van der Waals surface area contributed by atoms with Crippen LogP contribution in [0.3, 0.4) is 0 Å². The summed E-state index contributed by atoms with van der Waals surface area (Å²) in [6.45, 7) is 3.81. The van der Waals surface area contributed by atoms with Gasteiger partial charge in [-0.1, -0.05) is 24.8 Å². The minimum absolute atomic E-state index is 0.0402. The fourth-order valence-electron chi connectivity index (χ4n) is 2.10. The molecule has 5 nitrogen and oxygen atoms in total. The maximum Gasteiger partial charge on any atom is 0.416 e. The number of alkyl halides is 3. The molecule has 1 aromatic heterocycles. The normalized spacial score (nSPS) is 11.3. The molecule has 128 valence electrons. The van der Waals surface area contributed by atoms with Crippen LogP contribution in [0.15, 0.2) is 41.8 Å². The highest BCUT2D eigenvalue weighted by molar-refractivity contribution is 5.58. The highest BCUT2D eigenvalue weighted by Crippen LogP contribution is 2.29. The quantitative estimate of drug-likeness (QED) is 0.878. The molecule has 2 rings (SSSR count). The van der Waals surface area contributed by atoms with Crippen LogP contribution in [-0.4, -0.2) is 21.9 Å². The lowest BCUT2D eigenvalue weighted by molar-refractivity contribution is -0.137. The first kappa shape index (κ1) is 17.6. The van der Waals surface area contributed by atoms with Gasteiger partial charge in [0.1, 0.15) is 0 Å². The van der Waals surface area contributed by atoms with Crippen LogP contribution in [0.2, 0.25) is 0 Å². The van der Waals surface area contributed by atoms with Gasteiger partial charge in [-0.2, -0.15) is 18.3 Å². The van der Waals surface area contributed by atoms with Gasteiger partial charge in [0.25, 0.3) is 5.43 Å². The minimum Gasteiger partial charge on any atom is -0.503 e. The lowest BCUT2D eigenvalue weighted by atomic mass is 10.1. The van der Waals surface area contributed by atoms with E-state index in [2.05, 4.69) is 17.0 Å². The zero-order chi connectivity index (χ0) is 17.9. The first-order chi connectivity index (χ1) is 11.2. The fourth-order valence-corrected chi connectivity index (χ4v) is 2.10. The molecular formula is C16H16F3N3O2. The maximum absolute atomic E-state index is 12.7. The number of aryl methyl sites for hydroxylation is 2. The van der Waals surface area contributed by atoms with Crippen LogP contribution < -0.4 is 10.7 Å². The number of hydrogen-bond acceptors (Lipinski definition) is 4. The largest absolute Gasteiger partial charge is 0.503 e. The van der Waals surface area contributed by atoms with Gasteiger partial charge in [-0.3, -0.25) is 9.48 Å². The molecule has 1 heterocycles. The molecule has 0 amide bonds. The first-order valence-electron chi connectivity index (χ1n) is 7.06. The zero-order valence-corrected chi connectivity index (χ0v) is 12.9. The van der Waals surface area contributed by atoms with Crippen LogP contribution in [0.1, 0.15) is 16.8 Å². The Morgan fingerprint density at radius 1 is 1.42 bits per heavy atom. The maximum atomic E-state index is 12.7. The first-order valence-corrected chi connectivity index (χ1v) is 7.06. The van der Waals surface area contributed by atoms with Crippen LogP contribution in [0.5, 0.6) is 5.75 Å². The van der Waals surface area contributed by atoms with E-state index in [-0.39, 0.29) is 24.4 Å². The Bertz CT molecular complexity index is 813. The Hall–Kier alpha value is -2.77. The summed E-state index contributed by atoms with van der Waals surface area (Å²) >= 11 is 0. The fraction of sp³-hybridized carbons (Fsp3) is 0.250. The molecule has 0 unspecified atom stereocenters. The second-order valence-corrected chi connectivity index (χ2v) is 5.13. The summed E-state index contributed by atoms with van der Waals surface area (Å²) < 4.78 is 39.4. The summed E-state index contributed by atoms with van der Waals surface area (Å²) in [5.41, 5.74) is -0.714. The van der Waals surface area contributed by atoms with E-state index in [1.165, 1.54) is 10.7 Å². The van der Waals surface area contributed by atoms with E-state index in [1.807, 2.05) is 0 Å². The molecule has 2 N–H and O–H groups in total. The smallest absolute Gasteiger partial charge is 0.416 e. The molecule has 0 aliphatic carbocycles. The van der Waals surface area contributed by atoms with Gasteiger partial charge in [-0.25, -0.2) is 0 Å². The molecule has 24 heavy (non-hydrogen) atoms. The van der Waals surface area contributed by atoms with Crippen molar-refractivity contribution in [2.24, 2.45) is 0 Å². The summed E-state index contributed by atoms with van der Waals surface area (Å²) in [4.78, 5) is 11.8. The molecule has 0 spiro atoms. The second-order valence-electron chi connectivity index (χ2n) is 5.13. The van der Waals surface area contributed by atoms with E-state index >= 15 is 0 Å². The molecule has 0 bridgehead atoms. The number of halogens is 3. The van der Waals surface area contributed by atoms with Gasteiger partial charge in [0.15, 0.2) is 11.4 Å². The van der Waals surface area contributed by atoms with Gasteiger partial charge in [0.05, 0.1) is 17.5 Å². The van der Waals surface area contributed by atoms with Crippen molar-refractivity contribution in [1.82, 2.24) is 15.1 Å². The SMILES string of the molecule is C=C(NC)c1nn(CCc2cccc(C(F)(F)F)c2)cc(O)c1=O. The summed E-state index contributed by atoms with van der Waals surface area (Å²) in [6.07, 6.45) is -3.01. The highest BCUT2D eigenvalue weighted by atomic mass is 19.4. The highest BCUT2D eigenvalue weighted by Gasteiger charge is 2.30. The molecule has 0 saturated heterocycles. The molecule has 0 atom stereocenters. The molecule has 0 saturated carbocycles. The van der Waals surface area contributed by atoms with Crippen molar-refractivity contribution in [3.05, 3.63) is 64.1 Å². The average molecular weight is 339 g/mol. The van der Waals surface area contributed by atoms with E-state index < -0.39 is 22.9 Å². The van der Waals surface area contributed by atoms with Gasteiger partial charge in [-0.05, 0) is 18.1 Å². The molecule has 0 fully saturated rings. The Kier molecular flexibility index (Phi) is 4.96. The van der Waals surface area contributed by atoms with E-state index in [1.54, 1.807) is 13.1 Å². The van der Waals surface area contributed by atoms with E-state index in [0.29, 0.717) is 5.56 Å². The summed E-state index contributed by atoms with van der Waals surface area (Å²) in [7, 11) is 1.56. The number of aromatic hydroxyl groups is 1. The summed E-state index contributed by atoms with van der Waals surface area (Å²) in [5, 5.41) is 16.4. The molecule has 0 aliphatic heterocycles. The standard InChI is InChI=1S/C16H16F3N3O2/c1-10(20-2)14-15(24)13(23)9-22(21-14)7-6-11-4-3-5-12(8-11)16(17,18)19/h3-5,8-9,20,23H,1,6-7H2,2H3. The topological polar surface area (TPSA) is 67.2 Å². The monoisotopic (exact) mass is 339 g/mol. The molecule has 8 heteroatoms. The van der Waals surface area contributed by atoms with Crippen LogP contribution in [0.4, 0.5) is 13.2 Å². The Labute approximate surface area is 136 Å². The van der Waals surface area contributed by atoms with Gasteiger partial charge in [-0.15, -0.1) is 0 Å². The van der Waals surface area contributed by atoms with E-state index in [4.69, 9.17) is 0 Å².